The van der Waals surface area contributed by atoms with Crippen LogP contribution >= 0.6 is 11.6 Å². The Morgan fingerprint density at radius 2 is 2.09 bits per heavy atom. The van der Waals surface area contributed by atoms with Crippen LogP contribution < -0.4 is 5.32 Å². The number of hydrogen-bond donors (Lipinski definition) is 2. The lowest BCUT2D eigenvalue weighted by molar-refractivity contribution is -0.0890. The molecular weight excluding hydrogens is 455 g/mol. The van der Waals surface area contributed by atoms with Gasteiger partial charge in [0.05, 0.1) is 23.1 Å². The monoisotopic (exact) mass is 481 g/mol. The molecule has 0 spiro atoms. The van der Waals surface area contributed by atoms with Crippen LogP contribution in [0.3, 0.4) is 0 Å². The summed E-state index contributed by atoms with van der Waals surface area (Å²) in [6.45, 7) is 6.18. The van der Waals surface area contributed by atoms with Gasteiger partial charge in [0, 0.05) is 29.4 Å². The largest absolute Gasteiger partial charge is 0.507 e. The number of phenols is 1. The number of carbonyl (C=O) groups is 1. The molecule has 9 heteroatoms. The summed E-state index contributed by atoms with van der Waals surface area (Å²) in [6, 6.07) is 5.08. The third-order valence-corrected chi connectivity index (χ3v) is 5.76. The maximum absolute atomic E-state index is 13.3. The molecule has 1 aromatic carbocycles. The van der Waals surface area contributed by atoms with Gasteiger partial charge in [-0.1, -0.05) is 30.2 Å². The number of aromatic hydroxyl groups is 1. The summed E-state index contributed by atoms with van der Waals surface area (Å²) in [4.78, 5) is 14.8. The highest BCUT2D eigenvalue weighted by Crippen LogP contribution is 2.32. The molecule has 1 aliphatic rings. The number of benzene rings is 1. The summed E-state index contributed by atoms with van der Waals surface area (Å²) in [5.41, 5.74) is -0.101. The summed E-state index contributed by atoms with van der Waals surface area (Å²) < 4.78 is 39.9. The molecule has 5 nitrogen and oxygen atoms in total. The molecule has 1 aromatic rings. The van der Waals surface area contributed by atoms with E-state index in [2.05, 4.69) is 11.4 Å². The van der Waals surface area contributed by atoms with Gasteiger partial charge in [0.15, 0.2) is 0 Å². The van der Waals surface area contributed by atoms with E-state index in [0.717, 1.165) is 12.5 Å². The smallest absolute Gasteiger partial charge is 0.416 e. The fraction of sp³-hybridized carbons (Fsp3) is 0.417. The molecule has 0 saturated carbocycles. The maximum atomic E-state index is 13.3. The molecule has 1 amide bonds. The van der Waals surface area contributed by atoms with Crippen LogP contribution in [-0.2, 0) is 6.54 Å². The average Bonchev–Trinajstić information content (AvgIpc) is 3.21. The minimum Gasteiger partial charge on any atom is -0.507 e. The van der Waals surface area contributed by atoms with E-state index in [1.165, 1.54) is 25.1 Å². The van der Waals surface area contributed by atoms with Gasteiger partial charge >= 0.3 is 6.18 Å². The lowest BCUT2D eigenvalue weighted by Crippen LogP contribution is -2.23. The number of allylic oxidation sites excluding steroid dienone is 5. The topological polar surface area (TPSA) is 76.4 Å². The standard InChI is InChI=1S/C24H27ClF3N3O2/c1-4-15(3)21(24(26,27)28)7-6-19(5-2)30-23(33)20-11-18(25)10-17(22(20)32)14-31-9-8-16(12-29)13-31/h5-7,10-11,16,32H,4,8-9,13-14H2,1-3H3,(H,30,33)/b7-6-,19-5+,21-15-. The van der Waals surface area contributed by atoms with Gasteiger partial charge in [-0.3, -0.25) is 9.69 Å². The van der Waals surface area contributed by atoms with E-state index in [-0.39, 0.29) is 39.9 Å². The number of nitrogens with one attached hydrogen (secondary N) is 1. The molecule has 1 aliphatic heterocycles. The molecule has 1 saturated heterocycles. The van der Waals surface area contributed by atoms with Crippen molar-refractivity contribution in [1.29, 1.82) is 5.26 Å². The molecule has 2 N–H and O–H groups in total. The second kappa shape index (κ2) is 11.4. The highest BCUT2D eigenvalue weighted by molar-refractivity contribution is 6.31. The molecule has 2 rings (SSSR count). The fourth-order valence-electron chi connectivity index (χ4n) is 3.52. The second-order valence-corrected chi connectivity index (χ2v) is 8.32. The molecule has 0 aromatic heterocycles. The van der Waals surface area contributed by atoms with Gasteiger partial charge in [-0.05, 0) is 57.5 Å². The lowest BCUT2D eigenvalue weighted by Gasteiger charge is -2.18. The van der Waals surface area contributed by atoms with Crippen molar-refractivity contribution in [3.8, 4) is 11.8 Å². The predicted octanol–water partition coefficient (Wildman–Crippen LogP) is 5.87. The van der Waals surface area contributed by atoms with Crippen molar-refractivity contribution in [2.75, 3.05) is 13.1 Å². The van der Waals surface area contributed by atoms with E-state index in [1.54, 1.807) is 19.9 Å². The third-order valence-electron chi connectivity index (χ3n) is 5.54. The summed E-state index contributed by atoms with van der Waals surface area (Å²) in [6.07, 6.45) is 0.0134. The Bertz CT molecular complexity index is 1020. The number of carbonyl (C=O) groups excluding carboxylic acids is 1. The van der Waals surface area contributed by atoms with Crippen LogP contribution in [0.2, 0.25) is 5.02 Å². The summed E-state index contributed by atoms with van der Waals surface area (Å²) in [5.74, 6) is -1.03. The van der Waals surface area contributed by atoms with E-state index in [4.69, 9.17) is 16.9 Å². The number of hydrogen-bond acceptors (Lipinski definition) is 4. The maximum Gasteiger partial charge on any atom is 0.416 e. The van der Waals surface area contributed by atoms with Crippen molar-refractivity contribution in [1.82, 2.24) is 10.2 Å². The van der Waals surface area contributed by atoms with Gasteiger partial charge < -0.3 is 10.4 Å². The Morgan fingerprint density at radius 1 is 1.39 bits per heavy atom. The van der Waals surface area contributed by atoms with Crippen LogP contribution in [-0.4, -0.2) is 35.2 Å². The number of rotatable bonds is 7. The minimum absolute atomic E-state index is 0.0786. The van der Waals surface area contributed by atoms with Crippen LogP contribution in [0.4, 0.5) is 13.2 Å². The van der Waals surface area contributed by atoms with Crippen molar-refractivity contribution in [3.05, 3.63) is 63.4 Å². The van der Waals surface area contributed by atoms with E-state index in [0.29, 0.717) is 25.2 Å². The SMILES string of the molecule is C\C=C(/C=C\C(=C(/C)CC)C(F)(F)F)NC(=O)c1cc(Cl)cc(CN2CCC(C#N)C2)c1O. The van der Waals surface area contributed by atoms with E-state index in [9.17, 15) is 23.1 Å². The van der Waals surface area contributed by atoms with Gasteiger partial charge in [-0.25, -0.2) is 0 Å². The summed E-state index contributed by atoms with van der Waals surface area (Å²) >= 11 is 6.16. The van der Waals surface area contributed by atoms with Crippen molar-refractivity contribution in [2.45, 2.75) is 46.3 Å². The Balaban J connectivity index is 2.23. The predicted molar refractivity (Wildman–Crippen MR) is 122 cm³/mol. The highest BCUT2D eigenvalue weighted by atomic mass is 35.5. The number of halogens is 4. The molecule has 1 unspecified atom stereocenters. The Hall–Kier alpha value is -2.76. The zero-order valence-corrected chi connectivity index (χ0v) is 19.5. The molecular formula is C24H27ClF3N3O2. The summed E-state index contributed by atoms with van der Waals surface area (Å²) in [7, 11) is 0. The number of alkyl halides is 3. The molecule has 1 atom stereocenters. The van der Waals surface area contributed by atoms with Gasteiger partial charge in [0.2, 0.25) is 0 Å². The normalized spacial score (nSPS) is 18.4. The van der Waals surface area contributed by atoms with Crippen LogP contribution in [0.5, 0.6) is 5.75 Å². The number of amides is 1. The molecule has 33 heavy (non-hydrogen) atoms. The third kappa shape index (κ3) is 7.11. The zero-order valence-electron chi connectivity index (χ0n) is 18.8. The number of nitrogens with zero attached hydrogens (tertiary/aromatic N) is 2. The first kappa shape index (κ1) is 26.5. The Kier molecular flexibility index (Phi) is 9.15. The molecule has 0 radical (unpaired) electrons. The average molecular weight is 482 g/mol. The van der Waals surface area contributed by atoms with Crippen molar-refractivity contribution in [3.63, 3.8) is 0 Å². The first-order valence-corrected chi connectivity index (χ1v) is 10.9. The van der Waals surface area contributed by atoms with E-state index in [1.807, 2.05) is 4.90 Å². The lowest BCUT2D eigenvalue weighted by atomic mass is 10.1. The molecule has 0 bridgehead atoms. The molecule has 178 valence electrons. The summed E-state index contributed by atoms with van der Waals surface area (Å²) in [5, 5.41) is 22.5. The van der Waals surface area contributed by atoms with Crippen molar-refractivity contribution in [2.24, 2.45) is 5.92 Å². The van der Waals surface area contributed by atoms with Crippen LogP contribution in [0.25, 0.3) is 0 Å². The second-order valence-electron chi connectivity index (χ2n) is 7.89. The van der Waals surface area contributed by atoms with Gasteiger partial charge in [-0.15, -0.1) is 0 Å². The number of likely N-dealkylation sites (tertiary alicyclic amines) is 1. The minimum atomic E-state index is -4.51. The molecule has 0 aliphatic carbocycles. The number of nitriles is 1. The van der Waals surface area contributed by atoms with Crippen molar-refractivity contribution < 1.29 is 23.1 Å². The Labute approximate surface area is 196 Å². The first-order valence-electron chi connectivity index (χ1n) is 10.6. The fourth-order valence-corrected chi connectivity index (χ4v) is 3.76. The zero-order chi connectivity index (χ0) is 24.8. The van der Waals surface area contributed by atoms with Crippen molar-refractivity contribution >= 4 is 17.5 Å². The first-order chi connectivity index (χ1) is 15.5. The van der Waals surface area contributed by atoms with Gasteiger partial charge in [0.1, 0.15) is 5.75 Å². The number of phenolic OH excluding ortho intramolecular Hbond substituents is 1. The quantitative estimate of drug-likeness (QED) is 0.477. The van der Waals surface area contributed by atoms with Crippen LogP contribution in [0.1, 0.15) is 49.5 Å². The van der Waals surface area contributed by atoms with Gasteiger partial charge in [-0.2, -0.15) is 18.4 Å². The van der Waals surface area contributed by atoms with E-state index >= 15 is 0 Å². The van der Waals surface area contributed by atoms with E-state index < -0.39 is 17.7 Å². The van der Waals surface area contributed by atoms with Crippen LogP contribution in [0.15, 0.2) is 47.2 Å². The Morgan fingerprint density at radius 3 is 2.64 bits per heavy atom. The van der Waals surface area contributed by atoms with Gasteiger partial charge in [0.25, 0.3) is 5.91 Å². The highest BCUT2D eigenvalue weighted by Gasteiger charge is 2.33. The molecule has 1 heterocycles. The van der Waals surface area contributed by atoms with Crippen LogP contribution in [0, 0.1) is 17.2 Å². The molecule has 1 fully saturated rings.